The van der Waals surface area contributed by atoms with Crippen LogP contribution in [0.4, 0.5) is 10.1 Å². The van der Waals surface area contributed by atoms with Gasteiger partial charge >= 0.3 is 0 Å². The van der Waals surface area contributed by atoms with Crippen LogP contribution in [0.15, 0.2) is 24.3 Å². The minimum absolute atomic E-state index is 0.0803. The van der Waals surface area contributed by atoms with Crippen molar-refractivity contribution >= 4 is 17.5 Å². The molecule has 3 fully saturated rings. The van der Waals surface area contributed by atoms with Gasteiger partial charge in [-0.2, -0.15) is 0 Å². The molecule has 0 N–H and O–H groups in total. The van der Waals surface area contributed by atoms with E-state index in [1.165, 1.54) is 12.1 Å². The normalized spacial score (nSPS) is 27.6. The molecular formula is C19H23FN2O2. The van der Waals surface area contributed by atoms with E-state index < -0.39 is 0 Å². The Labute approximate surface area is 141 Å². The van der Waals surface area contributed by atoms with Crippen molar-refractivity contribution in [1.82, 2.24) is 4.90 Å². The predicted molar refractivity (Wildman–Crippen MR) is 89.0 cm³/mol. The zero-order chi connectivity index (χ0) is 16.7. The fraction of sp³-hybridized carbons (Fsp3) is 0.579. The summed E-state index contributed by atoms with van der Waals surface area (Å²) in [5, 5.41) is 0. The first-order valence-corrected chi connectivity index (χ1v) is 8.91. The van der Waals surface area contributed by atoms with Gasteiger partial charge in [0.1, 0.15) is 5.82 Å². The third-order valence-electron chi connectivity index (χ3n) is 5.91. The van der Waals surface area contributed by atoms with Crippen LogP contribution in [0.25, 0.3) is 0 Å². The molecule has 2 amide bonds. The highest BCUT2D eigenvalue weighted by atomic mass is 19.1. The van der Waals surface area contributed by atoms with Gasteiger partial charge in [0, 0.05) is 43.1 Å². The van der Waals surface area contributed by atoms with Crippen LogP contribution in [0.1, 0.15) is 38.5 Å². The number of halogens is 1. The average Bonchev–Trinajstić information content (AvgIpc) is 3.29. The van der Waals surface area contributed by atoms with Gasteiger partial charge in [0.15, 0.2) is 0 Å². The van der Waals surface area contributed by atoms with Gasteiger partial charge < -0.3 is 9.80 Å². The molecule has 1 aliphatic carbocycles. The number of carbonyl (C=O) groups excluding carboxylic acids is 2. The Kier molecular flexibility index (Phi) is 3.82. The summed E-state index contributed by atoms with van der Waals surface area (Å²) in [4.78, 5) is 28.9. The van der Waals surface area contributed by atoms with E-state index in [1.807, 2.05) is 4.90 Å². The maximum absolute atomic E-state index is 13.1. The van der Waals surface area contributed by atoms with Crippen molar-refractivity contribution in [3.63, 3.8) is 0 Å². The first-order valence-electron chi connectivity index (χ1n) is 8.91. The van der Waals surface area contributed by atoms with Crippen LogP contribution in [0, 0.1) is 17.2 Å². The van der Waals surface area contributed by atoms with Gasteiger partial charge in [-0.1, -0.05) is 12.8 Å². The van der Waals surface area contributed by atoms with Crippen molar-refractivity contribution in [2.24, 2.45) is 11.3 Å². The van der Waals surface area contributed by atoms with Crippen molar-refractivity contribution in [1.29, 1.82) is 0 Å². The molecule has 1 aromatic rings. The molecule has 1 saturated carbocycles. The Hall–Kier alpha value is -1.91. The van der Waals surface area contributed by atoms with E-state index in [2.05, 4.69) is 0 Å². The van der Waals surface area contributed by atoms with Crippen LogP contribution in [0.5, 0.6) is 0 Å². The van der Waals surface area contributed by atoms with Gasteiger partial charge in [0.05, 0.1) is 0 Å². The van der Waals surface area contributed by atoms with E-state index >= 15 is 0 Å². The molecule has 5 heteroatoms. The third-order valence-corrected chi connectivity index (χ3v) is 5.91. The van der Waals surface area contributed by atoms with Crippen LogP contribution in [-0.4, -0.2) is 36.3 Å². The first-order chi connectivity index (χ1) is 11.6. The molecule has 2 heterocycles. The Morgan fingerprint density at radius 1 is 1.12 bits per heavy atom. The van der Waals surface area contributed by atoms with Gasteiger partial charge in [-0.3, -0.25) is 9.59 Å². The van der Waals surface area contributed by atoms with Crippen molar-refractivity contribution in [2.75, 3.05) is 24.5 Å². The molecule has 4 rings (SSSR count). The molecule has 1 aromatic carbocycles. The second-order valence-corrected chi connectivity index (χ2v) is 7.62. The first kappa shape index (κ1) is 15.6. The lowest BCUT2D eigenvalue weighted by atomic mass is 9.86. The summed E-state index contributed by atoms with van der Waals surface area (Å²) in [6.07, 6.45) is 5.72. The number of likely N-dealkylation sites (tertiary alicyclic amines) is 1. The molecule has 0 unspecified atom stereocenters. The number of amides is 2. The summed E-state index contributed by atoms with van der Waals surface area (Å²) in [6.45, 7) is 2.08. The zero-order valence-corrected chi connectivity index (χ0v) is 13.8. The largest absolute Gasteiger partial charge is 0.342 e. The molecule has 3 aliphatic rings. The zero-order valence-electron chi connectivity index (χ0n) is 13.8. The number of hydrogen-bond donors (Lipinski definition) is 0. The Morgan fingerprint density at radius 3 is 2.54 bits per heavy atom. The predicted octanol–water partition coefficient (Wildman–Crippen LogP) is 2.97. The highest BCUT2D eigenvalue weighted by molar-refractivity contribution is 5.96. The maximum Gasteiger partial charge on any atom is 0.227 e. The van der Waals surface area contributed by atoms with E-state index in [1.54, 1.807) is 17.0 Å². The Morgan fingerprint density at radius 2 is 1.83 bits per heavy atom. The number of benzene rings is 1. The summed E-state index contributed by atoms with van der Waals surface area (Å²) < 4.78 is 13.1. The average molecular weight is 330 g/mol. The van der Waals surface area contributed by atoms with E-state index in [4.69, 9.17) is 0 Å². The Bertz CT molecular complexity index is 654. The second-order valence-electron chi connectivity index (χ2n) is 7.62. The highest BCUT2D eigenvalue weighted by Crippen LogP contribution is 2.42. The topological polar surface area (TPSA) is 40.6 Å². The van der Waals surface area contributed by atoms with Gasteiger partial charge in [-0.15, -0.1) is 0 Å². The number of rotatable bonds is 2. The fourth-order valence-corrected chi connectivity index (χ4v) is 4.58. The van der Waals surface area contributed by atoms with Gasteiger partial charge in [0.2, 0.25) is 11.8 Å². The lowest BCUT2D eigenvalue weighted by molar-refractivity contribution is -0.134. The van der Waals surface area contributed by atoms with Crippen LogP contribution >= 0.6 is 0 Å². The summed E-state index contributed by atoms with van der Waals surface area (Å²) in [6, 6.07) is 6.08. The minimum Gasteiger partial charge on any atom is -0.342 e. The quantitative estimate of drug-likeness (QED) is 0.836. The molecule has 24 heavy (non-hydrogen) atoms. The van der Waals surface area contributed by atoms with Crippen molar-refractivity contribution in [3.8, 4) is 0 Å². The van der Waals surface area contributed by atoms with Crippen molar-refractivity contribution in [2.45, 2.75) is 38.5 Å². The lowest BCUT2D eigenvalue weighted by Crippen LogP contribution is -2.36. The third kappa shape index (κ3) is 2.70. The fourth-order valence-electron chi connectivity index (χ4n) is 4.58. The van der Waals surface area contributed by atoms with Crippen LogP contribution < -0.4 is 4.90 Å². The maximum atomic E-state index is 13.1. The van der Waals surface area contributed by atoms with E-state index in [0.717, 1.165) is 44.3 Å². The molecule has 128 valence electrons. The van der Waals surface area contributed by atoms with Crippen LogP contribution in [0.3, 0.4) is 0 Å². The highest BCUT2D eigenvalue weighted by Gasteiger charge is 2.49. The number of carbonyl (C=O) groups is 2. The molecule has 0 bridgehead atoms. The summed E-state index contributed by atoms with van der Waals surface area (Å²) in [5.74, 6) is 0.272. The van der Waals surface area contributed by atoms with E-state index in [9.17, 15) is 14.0 Å². The molecule has 0 radical (unpaired) electrons. The summed E-state index contributed by atoms with van der Waals surface area (Å²) in [7, 11) is 0. The molecule has 2 aliphatic heterocycles. The van der Waals surface area contributed by atoms with Gasteiger partial charge in [-0.05, 0) is 43.5 Å². The summed E-state index contributed by atoms with van der Waals surface area (Å²) >= 11 is 0. The molecule has 0 aromatic heterocycles. The second kappa shape index (κ2) is 5.87. The van der Waals surface area contributed by atoms with E-state index in [0.29, 0.717) is 19.5 Å². The van der Waals surface area contributed by atoms with E-state index in [-0.39, 0.29) is 29.0 Å². The molecular weight excluding hydrogens is 307 g/mol. The lowest BCUT2D eigenvalue weighted by Gasteiger charge is -2.25. The standard InChI is InChI=1S/C19H23FN2O2/c20-15-5-7-16(8-6-15)22-13-19(11-17(22)23)9-10-21(12-19)18(24)14-3-1-2-4-14/h5-8,14H,1-4,9-13H2/t19-/m0/s1. The molecule has 2 saturated heterocycles. The van der Waals surface area contributed by atoms with Crippen molar-refractivity contribution in [3.05, 3.63) is 30.1 Å². The van der Waals surface area contributed by atoms with Crippen LogP contribution in [0.2, 0.25) is 0 Å². The number of anilines is 1. The van der Waals surface area contributed by atoms with Gasteiger partial charge in [0.25, 0.3) is 0 Å². The minimum atomic E-state index is -0.297. The van der Waals surface area contributed by atoms with Crippen LogP contribution in [-0.2, 0) is 9.59 Å². The molecule has 4 nitrogen and oxygen atoms in total. The summed E-state index contributed by atoms with van der Waals surface area (Å²) in [5.41, 5.74) is 0.624. The van der Waals surface area contributed by atoms with Crippen molar-refractivity contribution < 1.29 is 14.0 Å². The SMILES string of the molecule is O=C(C1CCCC1)N1CC[C@]2(CC(=O)N(c3ccc(F)cc3)C2)C1. The Balaban J connectivity index is 1.46. The number of hydrogen-bond acceptors (Lipinski definition) is 2. The smallest absolute Gasteiger partial charge is 0.227 e. The molecule has 1 spiro atoms. The molecule has 1 atom stereocenters. The number of nitrogens with zero attached hydrogens (tertiary/aromatic N) is 2. The monoisotopic (exact) mass is 330 g/mol. The van der Waals surface area contributed by atoms with Gasteiger partial charge in [-0.25, -0.2) is 4.39 Å².